The molecule has 5 aromatic rings. The second-order valence-electron chi connectivity index (χ2n) is 18.6. The molecule has 366 valence electrons. The molecule has 0 bridgehead atoms. The number of nitrogens with one attached hydrogen (secondary N) is 3. The number of carboxylic acid groups (broad SMARTS) is 1. The molecule has 0 aliphatic carbocycles. The number of halogens is 1. The Morgan fingerprint density at radius 2 is 1.61 bits per heavy atom. The first-order valence-corrected chi connectivity index (χ1v) is 25.5. The fraction of sp³-hybridized carbons (Fsp3) is 0.417. The molecular weight excluding hydrogens is 950 g/mol. The predicted molar refractivity (Wildman–Crippen MR) is 262 cm³/mol. The molecule has 5 heterocycles. The van der Waals surface area contributed by atoms with E-state index in [1.165, 1.54) is 13.4 Å². The van der Waals surface area contributed by atoms with Gasteiger partial charge in [0.05, 0.1) is 21.7 Å². The fourth-order valence-electron chi connectivity index (χ4n) is 9.09. The van der Waals surface area contributed by atoms with Crippen LogP contribution in [0, 0.1) is 0 Å². The summed E-state index contributed by atoms with van der Waals surface area (Å²) in [5.41, 5.74) is 3.64. The number of carbonyl (C=O) groups excluding carboxylic acids is 4. The van der Waals surface area contributed by atoms with Crippen LogP contribution in [-0.4, -0.2) is 106 Å². The number of esters is 1. The molecule has 0 spiro atoms. The van der Waals surface area contributed by atoms with Gasteiger partial charge in [0, 0.05) is 57.1 Å². The van der Waals surface area contributed by atoms with Gasteiger partial charge in [0.25, 0.3) is 0 Å². The molecule has 1 unspecified atom stereocenters. The molecule has 69 heavy (non-hydrogen) atoms. The van der Waals surface area contributed by atoms with Crippen molar-refractivity contribution in [3.8, 4) is 16.2 Å². The summed E-state index contributed by atoms with van der Waals surface area (Å²) in [4.78, 5) is 77.7. The number of aromatic nitrogens is 2. The number of imide groups is 1. The number of carbonyl (C=O) groups is 5. The van der Waals surface area contributed by atoms with Crippen molar-refractivity contribution in [1.29, 1.82) is 0 Å². The summed E-state index contributed by atoms with van der Waals surface area (Å²) in [6, 6.07) is 18.9. The van der Waals surface area contributed by atoms with Crippen LogP contribution in [0.3, 0.4) is 0 Å². The number of imidazole rings is 1. The van der Waals surface area contributed by atoms with E-state index in [-0.39, 0.29) is 63.8 Å². The Kier molecular flexibility index (Phi) is 14.3. The zero-order valence-electron chi connectivity index (χ0n) is 38.6. The van der Waals surface area contributed by atoms with Gasteiger partial charge in [0.1, 0.15) is 16.7 Å². The molecule has 18 nitrogen and oxygen atoms in total. The molecule has 0 radical (unpaired) electrons. The Morgan fingerprint density at radius 3 is 2.30 bits per heavy atom. The van der Waals surface area contributed by atoms with Crippen LogP contribution in [0.5, 0.6) is 5.75 Å². The summed E-state index contributed by atoms with van der Waals surface area (Å²) >= 11 is 7.75. The summed E-state index contributed by atoms with van der Waals surface area (Å²) in [5.74, 6) is -2.91. The molecule has 3 saturated heterocycles. The molecule has 4 N–H and O–H groups in total. The number of nitrogens with zero attached hydrogens (tertiary/aromatic N) is 4. The van der Waals surface area contributed by atoms with E-state index in [9.17, 15) is 42.3 Å². The van der Waals surface area contributed by atoms with Crippen molar-refractivity contribution in [2.45, 2.75) is 88.7 Å². The van der Waals surface area contributed by atoms with Gasteiger partial charge in [-0.2, -0.15) is 0 Å². The molecule has 3 aromatic carbocycles. The standard InChI is InChI=1S/C48H54ClN7O11S2/c1-48(2,3)67-45(61)43-41(66-26-39(58)59)40(49)42(68-43)31-8-6-10-34(24-31)50-32-17-21-55(22-18-32)69(64,65)27-28-7-5-9-33(23-28)51-46(62)54-19-15-29(16-20-54)30-11-12-35-37(25-30)53(4)47(63)56(35)36-13-14-38(57)52-44(36)60/h5-12,23-25,29,32,36,50H,13-22,26-27H2,1-4H3,(H,51,62)(H,58,59)(H,52,57,60). The number of ether oxygens (including phenoxy) is 2. The summed E-state index contributed by atoms with van der Waals surface area (Å²) in [5, 5.41) is 18.1. The maximum absolute atomic E-state index is 13.7. The predicted octanol–water partition coefficient (Wildman–Crippen LogP) is 6.94. The van der Waals surface area contributed by atoms with Crippen LogP contribution >= 0.6 is 22.9 Å². The van der Waals surface area contributed by atoms with Gasteiger partial charge in [-0.1, -0.05) is 41.9 Å². The Hall–Kier alpha value is -6.22. The zero-order valence-corrected chi connectivity index (χ0v) is 41.0. The van der Waals surface area contributed by atoms with Gasteiger partial charge in [0.2, 0.25) is 21.8 Å². The van der Waals surface area contributed by atoms with E-state index >= 15 is 0 Å². The van der Waals surface area contributed by atoms with Crippen molar-refractivity contribution in [3.63, 3.8) is 0 Å². The highest BCUT2D eigenvalue weighted by atomic mass is 35.5. The molecular formula is C48H54ClN7O11S2. The van der Waals surface area contributed by atoms with Crippen LogP contribution in [-0.2, 0) is 41.9 Å². The van der Waals surface area contributed by atoms with E-state index in [0.717, 1.165) is 22.6 Å². The Morgan fingerprint density at radius 1 is 0.899 bits per heavy atom. The quantitative estimate of drug-likeness (QED) is 0.0695. The number of aliphatic carboxylic acids is 1. The van der Waals surface area contributed by atoms with Crippen molar-refractivity contribution < 1.29 is 47.0 Å². The van der Waals surface area contributed by atoms with Crippen LogP contribution in [0.15, 0.2) is 71.5 Å². The molecule has 3 aliphatic heterocycles. The number of amides is 4. The third kappa shape index (κ3) is 11.1. The first-order valence-electron chi connectivity index (χ1n) is 22.7. The lowest BCUT2D eigenvalue weighted by Gasteiger charge is -2.32. The monoisotopic (exact) mass is 1000 g/mol. The molecule has 3 aliphatic rings. The van der Waals surface area contributed by atoms with Gasteiger partial charge >= 0.3 is 23.7 Å². The SMILES string of the molecule is Cn1c(=O)n(C2CCC(=O)NC2=O)c2ccc(C3CCN(C(=O)Nc4cccc(CS(=O)(=O)N5CCC(Nc6cccc(-c7sc(C(=O)OC(C)(C)C)c(OCC(=O)O)c7Cl)c6)CC5)c4)CC3)cc21. The summed E-state index contributed by atoms with van der Waals surface area (Å²) in [6.45, 7) is 6.03. The number of hydrogen-bond donors (Lipinski definition) is 4. The number of sulfonamides is 1. The number of urea groups is 1. The van der Waals surface area contributed by atoms with E-state index in [0.29, 0.717) is 84.6 Å². The van der Waals surface area contributed by atoms with E-state index < -0.39 is 46.1 Å². The number of rotatable bonds is 13. The number of likely N-dealkylation sites (tertiary alicyclic amines) is 1. The number of fused-ring (bicyclic) bond motifs is 1. The molecule has 21 heteroatoms. The van der Waals surface area contributed by atoms with Crippen molar-refractivity contribution in [2.24, 2.45) is 7.05 Å². The highest BCUT2D eigenvalue weighted by Gasteiger charge is 2.34. The molecule has 3 fully saturated rings. The number of hydrogen-bond acceptors (Lipinski definition) is 12. The molecule has 8 rings (SSSR count). The summed E-state index contributed by atoms with van der Waals surface area (Å²) in [7, 11) is -2.04. The number of aryl methyl sites for hydroxylation is 1. The minimum Gasteiger partial charge on any atom is -0.479 e. The maximum Gasteiger partial charge on any atom is 0.352 e. The number of piperidine rings is 3. The Labute approximate surface area is 407 Å². The third-order valence-corrected chi connectivity index (χ3v) is 16.0. The minimum absolute atomic E-state index is 0.0421. The highest BCUT2D eigenvalue weighted by Crippen LogP contribution is 2.46. The Balaban J connectivity index is 0.835. The first kappa shape index (κ1) is 49.2. The van der Waals surface area contributed by atoms with Gasteiger partial charge < -0.3 is 30.1 Å². The lowest BCUT2D eigenvalue weighted by atomic mass is 9.89. The second kappa shape index (κ2) is 20.0. The summed E-state index contributed by atoms with van der Waals surface area (Å²) < 4.78 is 42.9. The number of carboxylic acids is 1. The zero-order chi connectivity index (χ0) is 49.4. The van der Waals surface area contributed by atoms with E-state index in [2.05, 4.69) is 16.0 Å². The average molecular weight is 1000 g/mol. The largest absolute Gasteiger partial charge is 0.479 e. The summed E-state index contributed by atoms with van der Waals surface area (Å²) in [6.07, 6.45) is 2.87. The molecule has 4 amide bonds. The second-order valence-corrected chi connectivity index (χ2v) is 21.9. The van der Waals surface area contributed by atoms with Crippen LogP contribution in [0.25, 0.3) is 21.5 Å². The van der Waals surface area contributed by atoms with Gasteiger partial charge in [-0.05, 0) is 112 Å². The van der Waals surface area contributed by atoms with Gasteiger partial charge in [-0.15, -0.1) is 11.3 Å². The first-order chi connectivity index (χ1) is 32.7. The average Bonchev–Trinajstić information content (AvgIpc) is 3.76. The lowest BCUT2D eigenvalue weighted by Crippen LogP contribution is -2.44. The minimum atomic E-state index is -3.70. The topological polar surface area (TPSA) is 228 Å². The van der Waals surface area contributed by atoms with Crippen LogP contribution in [0.4, 0.5) is 16.2 Å². The van der Waals surface area contributed by atoms with E-state index in [4.69, 9.17) is 21.1 Å². The molecule has 2 aromatic heterocycles. The fourth-order valence-corrected chi connectivity index (χ4v) is 12.1. The van der Waals surface area contributed by atoms with Gasteiger partial charge in [-0.3, -0.25) is 24.0 Å². The number of thiophene rings is 1. The maximum atomic E-state index is 13.7. The van der Waals surface area contributed by atoms with Gasteiger partial charge in [-0.25, -0.2) is 31.9 Å². The van der Waals surface area contributed by atoms with E-state index in [1.54, 1.807) is 57.0 Å². The third-order valence-electron chi connectivity index (χ3n) is 12.5. The smallest absolute Gasteiger partial charge is 0.352 e. The van der Waals surface area contributed by atoms with Crippen LogP contribution < -0.4 is 26.4 Å². The van der Waals surface area contributed by atoms with Gasteiger partial charge in [0.15, 0.2) is 17.2 Å². The Bertz CT molecular complexity index is 3000. The number of anilines is 2. The van der Waals surface area contributed by atoms with Crippen LogP contribution in [0.2, 0.25) is 5.02 Å². The highest BCUT2D eigenvalue weighted by molar-refractivity contribution is 7.88. The molecule has 1 atom stereocenters. The van der Waals surface area contributed by atoms with Crippen molar-refractivity contribution in [3.05, 3.63) is 98.2 Å². The normalized spacial score (nSPS) is 17.7. The van der Waals surface area contributed by atoms with Crippen molar-refractivity contribution >= 4 is 85.2 Å². The number of benzene rings is 3. The lowest BCUT2D eigenvalue weighted by molar-refractivity contribution is -0.139. The molecule has 0 saturated carbocycles. The van der Waals surface area contributed by atoms with Crippen molar-refractivity contribution in [1.82, 2.24) is 23.7 Å². The van der Waals surface area contributed by atoms with Crippen molar-refractivity contribution in [2.75, 3.05) is 43.4 Å². The van der Waals surface area contributed by atoms with Crippen LogP contribution in [0.1, 0.15) is 92.1 Å². The van der Waals surface area contributed by atoms with E-state index in [1.807, 2.05) is 42.5 Å².